The first-order valence-corrected chi connectivity index (χ1v) is 5.19. The summed E-state index contributed by atoms with van der Waals surface area (Å²) in [5.41, 5.74) is 5.54. The molecule has 1 aliphatic rings. The van der Waals surface area contributed by atoms with Crippen LogP contribution in [-0.4, -0.2) is 22.3 Å². The molecule has 15 heavy (non-hydrogen) atoms. The summed E-state index contributed by atoms with van der Waals surface area (Å²) in [4.78, 5) is 0. The molecule has 1 fully saturated rings. The molecule has 0 saturated heterocycles. The highest BCUT2D eigenvalue weighted by atomic mass is 32.1. The second kappa shape index (κ2) is 3.60. The highest BCUT2D eigenvalue weighted by Crippen LogP contribution is 2.34. The van der Waals surface area contributed by atoms with Gasteiger partial charge >= 0.3 is 6.18 Å². The number of alkyl halides is 3. The molecule has 1 heterocycles. The summed E-state index contributed by atoms with van der Waals surface area (Å²) < 4.78 is 36.5. The Labute approximate surface area is 87.7 Å². The quantitative estimate of drug-likeness (QED) is 0.818. The van der Waals surface area contributed by atoms with Gasteiger partial charge in [0.15, 0.2) is 0 Å². The fraction of sp³-hybridized carbons (Fsp3) is 0.714. The number of halogens is 3. The van der Waals surface area contributed by atoms with Crippen molar-refractivity contribution in [2.45, 2.75) is 31.1 Å². The number of nitrogens with two attached hydrogens (primary N) is 1. The molecular formula is C7H9F3N4S. The van der Waals surface area contributed by atoms with E-state index in [2.05, 4.69) is 15.5 Å². The van der Waals surface area contributed by atoms with Crippen molar-refractivity contribution in [3.63, 3.8) is 0 Å². The molecule has 0 unspecified atom stereocenters. The van der Waals surface area contributed by atoms with Crippen molar-refractivity contribution < 1.29 is 13.2 Å². The third-order valence-corrected chi connectivity index (χ3v) is 3.07. The third kappa shape index (κ3) is 2.37. The zero-order valence-corrected chi connectivity index (χ0v) is 8.40. The van der Waals surface area contributed by atoms with Crippen LogP contribution in [0.5, 0.6) is 0 Å². The van der Waals surface area contributed by atoms with Crippen molar-refractivity contribution >= 4 is 16.5 Å². The van der Waals surface area contributed by atoms with Crippen molar-refractivity contribution in [2.75, 3.05) is 5.32 Å². The topological polar surface area (TPSA) is 63.8 Å². The van der Waals surface area contributed by atoms with Gasteiger partial charge < -0.3 is 11.1 Å². The number of aromatic nitrogens is 2. The molecule has 1 aromatic heterocycles. The van der Waals surface area contributed by atoms with Crippen LogP contribution in [0.4, 0.5) is 18.3 Å². The minimum atomic E-state index is -4.41. The summed E-state index contributed by atoms with van der Waals surface area (Å²) >= 11 is 0.519. The van der Waals surface area contributed by atoms with E-state index < -0.39 is 11.2 Å². The Morgan fingerprint density at radius 1 is 1.33 bits per heavy atom. The van der Waals surface area contributed by atoms with E-state index >= 15 is 0 Å². The van der Waals surface area contributed by atoms with Crippen LogP contribution in [-0.2, 0) is 6.18 Å². The van der Waals surface area contributed by atoms with Crippen LogP contribution in [0.25, 0.3) is 0 Å². The number of anilines is 1. The number of nitrogens with zero attached hydrogens (tertiary/aromatic N) is 2. The summed E-state index contributed by atoms with van der Waals surface area (Å²) in [5, 5.41) is 8.64. The first kappa shape index (κ1) is 10.6. The van der Waals surface area contributed by atoms with E-state index in [1.807, 2.05) is 0 Å². The fourth-order valence-electron chi connectivity index (χ4n) is 1.35. The molecule has 1 saturated carbocycles. The van der Waals surface area contributed by atoms with Crippen LogP contribution in [0.15, 0.2) is 0 Å². The molecule has 0 spiro atoms. The average molecular weight is 238 g/mol. The second-order valence-electron chi connectivity index (χ2n) is 3.48. The minimum absolute atomic E-state index is 0.133. The Morgan fingerprint density at radius 2 is 2.00 bits per heavy atom. The van der Waals surface area contributed by atoms with Crippen LogP contribution in [0.1, 0.15) is 17.8 Å². The maximum Gasteiger partial charge on any atom is 0.445 e. The normalized spacial score (nSPS) is 26.1. The van der Waals surface area contributed by atoms with Gasteiger partial charge in [-0.15, -0.1) is 10.2 Å². The predicted octanol–water partition coefficient (Wildman–Crippen LogP) is 1.46. The smallest absolute Gasteiger partial charge is 0.357 e. The number of hydrogen-bond acceptors (Lipinski definition) is 5. The first-order chi connectivity index (χ1) is 6.95. The van der Waals surface area contributed by atoms with Crippen LogP contribution >= 0.6 is 11.3 Å². The van der Waals surface area contributed by atoms with E-state index in [1.165, 1.54) is 0 Å². The highest BCUT2D eigenvalue weighted by Gasteiger charge is 2.36. The molecule has 1 aromatic rings. The van der Waals surface area contributed by atoms with E-state index in [1.54, 1.807) is 0 Å². The average Bonchev–Trinajstić information content (AvgIpc) is 2.49. The molecule has 3 N–H and O–H groups in total. The van der Waals surface area contributed by atoms with Crippen LogP contribution < -0.4 is 11.1 Å². The standard InChI is InChI=1S/C7H9F3N4S/c8-7(9,10)5-13-14-6(15-5)12-4-1-3(11)2-4/h3-4H,1-2,11H2,(H,12,14). The molecular weight excluding hydrogens is 229 g/mol. The molecule has 1 aliphatic carbocycles. The predicted molar refractivity (Wildman–Crippen MR) is 49.5 cm³/mol. The zero-order chi connectivity index (χ0) is 11.1. The molecule has 2 rings (SSSR count). The van der Waals surface area contributed by atoms with Gasteiger partial charge in [-0.05, 0) is 12.8 Å². The van der Waals surface area contributed by atoms with Crippen molar-refractivity contribution in [2.24, 2.45) is 5.73 Å². The number of nitrogens with one attached hydrogen (secondary N) is 1. The summed E-state index contributed by atoms with van der Waals surface area (Å²) in [6.45, 7) is 0. The monoisotopic (exact) mass is 238 g/mol. The molecule has 0 radical (unpaired) electrons. The van der Waals surface area contributed by atoms with E-state index in [-0.39, 0.29) is 17.2 Å². The largest absolute Gasteiger partial charge is 0.445 e. The van der Waals surface area contributed by atoms with Gasteiger partial charge in [0, 0.05) is 12.1 Å². The maximum absolute atomic E-state index is 12.2. The van der Waals surface area contributed by atoms with Crippen molar-refractivity contribution in [3.05, 3.63) is 5.01 Å². The molecule has 0 aromatic carbocycles. The van der Waals surface area contributed by atoms with Gasteiger partial charge in [-0.2, -0.15) is 13.2 Å². The van der Waals surface area contributed by atoms with Crippen molar-refractivity contribution in [1.82, 2.24) is 10.2 Å². The van der Waals surface area contributed by atoms with Gasteiger partial charge in [0.25, 0.3) is 0 Å². The van der Waals surface area contributed by atoms with E-state index in [4.69, 9.17) is 5.73 Å². The van der Waals surface area contributed by atoms with Crippen LogP contribution in [0.3, 0.4) is 0 Å². The number of rotatable bonds is 2. The Kier molecular flexibility index (Phi) is 2.55. The maximum atomic E-state index is 12.2. The van der Waals surface area contributed by atoms with E-state index in [0.29, 0.717) is 11.3 Å². The summed E-state index contributed by atoms with van der Waals surface area (Å²) in [7, 11) is 0. The lowest BCUT2D eigenvalue weighted by atomic mass is 9.88. The molecule has 84 valence electrons. The molecule has 8 heteroatoms. The first-order valence-electron chi connectivity index (χ1n) is 4.38. The Balaban J connectivity index is 1.96. The minimum Gasteiger partial charge on any atom is -0.357 e. The molecule has 0 atom stereocenters. The van der Waals surface area contributed by atoms with Crippen molar-refractivity contribution in [3.8, 4) is 0 Å². The van der Waals surface area contributed by atoms with Crippen molar-refractivity contribution in [1.29, 1.82) is 0 Å². The molecule has 0 aliphatic heterocycles. The third-order valence-electron chi connectivity index (χ3n) is 2.17. The summed E-state index contributed by atoms with van der Waals surface area (Å²) in [6, 6.07) is 0.284. The van der Waals surface area contributed by atoms with E-state index in [9.17, 15) is 13.2 Å². The molecule has 0 bridgehead atoms. The fourth-order valence-corrected chi connectivity index (χ4v) is 2.04. The van der Waals surface area contributed by atoms with Crippen LogP contribution in [0, 0.1) is 0 Å². The zero-order valence-electron chi connectivity index (χ0n) is 7.58. The lowest BCUT2D eigenvalue weighted by Gasteiger charge is -2.32. The lowest BCUT2D eigenvalue weighted by molar-refractivity contribution is -0.138. The number of hydrogen-bond donors (Lipinski definition) is 2. The Morgan fingerprint density at radius 3 is 2.47 bits per heavy atom. The highest BCUT2D eigenvalue weighted by molar-refractivity contribution is 7.15. The van der Waals surface area contributed by atoms with Gasteiger partial charge in [0.05, 0.1) is 0 Å². The molecule has 4 nitrogen and oxygen atoms in total. The molecule has 0 amide bonds. The Hall–Kier alpha value is -0.890. The lowest BCUT2D eigenvalue weighted by Crippen LogP contribution is -2.44. The van der Waals surface area contributed by atoms with Gasteiger partial charge in [-0.3, -0.25) is 0 Å². The van der Waals surface area contributed by atoms with Gasteiger partial charge in [-0.25, -0.2) is 0 Å². The summed E-state index contributed by atoms with van der Waals surface area (Å²) in [5.74, 6) is 0. The Bertz CT molecular complexity index is 344. The van der Waals surface area contributed by atoms with Gasteiger partial charge in [-0.1, -0.05) is 11.3 Å². The van der Waals surface area contributed by atoms with E-state index in [0.717, 1.165) is 12.8 Å². The van der Waals surface area contributed by atoms with Gasteiger partial charge in [0.1, 0.15) is 0 Å². The second-order valence-corrected chi connectivity index (χ2v) is 4.46. The SMILES string of the molecule is NC1CC(Nc2nnc(C(F)(F)F)s2)C1. The van der Waals surface area contributed by atoms with Gasteiger partial charge in [0.2, 0.25) is 10.1 Å². The van der Waals surface area contributed by atoms with Crippen LogP contribution in [0.2, 0.25) is 0 Å². The summed E-state index contributed by atoms with van der Waals surface area (Å²) in [6.07, 6.45) is -2.88.